The van der Waals surface area contributed by atoms with E-state index in [2.05, 4.69) is 81.4 Å². The average Bonchev–Trinajstić information content (AvgIpc) is 1.40. The van der Waals surface area contributed by atoms with Crippen molar-refractivity contribution in [2.75, 3.05) is 11.9 Å². The van der Waals surface area contributed by atoms with E-state index in [1.807, 2.05) is 72.1 Å². The molecule has 0 spiro atoms. The Kier molecular flexibility index (Phi) is 17.9. The number of Topliss-reactive ketones (excluding diaryl/α,β-unsaturated/α-hetero) is 1. The van der Waals surface area contributed by atoms with Crippen molar-refractivity contribution >= 4 is 46.8 Å². The van der Waals surface area contributed by atoms with Crippen LogP contribution in [-0.4, -0.2) is 42.5 Å². The van der Waals surface area contributed by atoms with E-state index in [4.69, 9.17) is 18.9 Å². The minimum atomic E-state index is -0.670. The molecule has 1 aromatic heterocycles. The maximum Gasteiger partial charge on any atom is 0.514 e. The summed E-state index contributed by atoms with van der Waals surface area (Å²) in [6, 6.07) is 14.9. The zero-order valence-electron chi connectivity index (χ0n) is 57.9. The molecule has 0 saturated heterocycles. The highest BCUT2D eigenvalue weighted by molar-refractivity contribution is 6.23. The number of aliphatic hydroxyl groups excluding tert-OH is 1. The Morgan fingerprint density at radius 1 is 0.630 bits per heavy atom. The number of pyridine rings is 1. The fourth-order valence-corrected chi connectivity index (χ4v) is 22.2. The highest BCUT2D eigenvalue weighted by Crippen LogP contribution is 2.69. The van der Waals surface area contributed by atoms with Crippen LogP contribution in [0, 0.1) is 92.7 Å². The van der Waals surface area contributed by atoms with Crippen LogP contribution in [0.4, 0.5) is 15.3 Å². The third-order valence-electron chi connectivity index (χ3n) is 27.4. The summed E-state index contributed by atoms with van der Waals surface area (Å²) in [5.74, 6) is 9.94. The van der Waals surface area contributed by atoms with Crippen LogP contribution in [0.5, 0.6) is 11.5 Å². The maximum atomic E-state index is 13.8. The lowest BCUT2D eigenvalue weighted by molar-refractivity contribution is -0.646. The third-order valence-corrected chi connectivity index (χ3v) is 27.4. The van der Waals surface area contributed by atoms with Crippen LogP contribution in [0.15, 0.2) is 107 Å². The Bertz CT molecular complexity index is 3560. The number of aliphatic hydroxyl groups is 1. The molecule has 1 N–H and O–H groups in total. The van der Waals surface area contributed by atoms with Gasteiger partial charge in [-0.1, -0.05) is 137 Å². The summed E-state index contributed by atoms with van der Waals surface area (Å²) < 4.78 is 25.8. The van der Waals surface area contributed by atoms with Gasteiger partial charge in [0.1, 0.15) is 36.5 Å². The topological polar surface area (TPSA) is 115 Å². The monoisotopic (exact) mass is 1250 g/mol. The lowest BCUT2D eigenvalue weighted by Crippen LogP contribution is -2.51. The van der Waals surface area contributed by atoms with Crippen LogP contribution in [0.3, 0.4) is 0 Å². The molecule has 9 aliphatic carbocycles. The number of ketones is 1. The quantitative estimate of drug-likeness (QED) is 0.0492. The minimum Gasteiger partial charge on any atom is -0.506 e. The van der Waals surface area contributed by atoms with Gasteiger partial charge < -0.3 is 29.0 Å². The number of aromatic nitrogens is 1. The van der Waals surface area contributed by atoms with Crippen molar-refractivity contribution in [1.82, 2.24) is 0 Å². The van der Waals surface area contributed by atoms with Gasteiger partial charge >= 0.3 is 12.3 Å². The van der Waals surface area contributed by atoms with E-state index in [1.165, 1.54) is 101 Å². The fourth-order valence-electron chi connectivity index (χ4n) is 22.2. The molecule has 10 heteroatoms. The molecule has 10 nitrogen and oxygen atoms in total. The zero-order valence-corrected chi connectivity index (χ0v) is 57.9. The number of hydrogen-bond acceptors (Lipinski definition) is 9. The third kappa shape index (κ3) is 11.8. The van der Waals surface area contributed by atoms with Gasteiger partial charge in [-0.2, -0.15) is 4.57 Å². The minimum absolute atomic E-state index is 0.0639. The predicted octanol–water partition coefficient (Wildman–Crippen LogP) is 20.3. The van der Waals surface area contributed by atoms with Crippen molar-refractivity contribution < 1.29 is 43.0 Å². The molecule has 494 valence electrons. The van der Waals surface area contributed by atoms with Gasteiger partial charge in [-0.25, -0.2) is 9.59 Å². The Hall–Kier alpha value is -5.90. The predicted molar refractivity (Wildman–Crippen MR) is 368 cm³/mol. The molecule has 2 heterocycles. The summed E-state index contributed by atoms with van der Waals surface area (Å²) in [6.07, 6.45) is 37.4. The first kappa shape index (κ1) is 64.8. The Morgan fingerprint density at radius 3 is 1.70 bits per heavy atom. The highest BCUT2D eigenvalue weighted by atomic mass is 16.7. The number of carbonyl (C=O) groups excluding carboxylic acids is 3. The molecule has 1 aliphatic heterocycles. The molecule has 92 heavy (non-hydrogen) atoms. The molecule has 0 radical (unpaired) electrons. The molecule has 6 saturated carbocycles. The molecule has 10 aliphatic rings. The van der Waals surface area contributed by atoms with E-state index in [-0.39, 0.29) is 45.7 Å². The standard InChI is InChI=1S/C82H108N2O8/c1-49(2)15-13-17-51(5)67-29-31-69-63-27-21-55-45-61(35-39-79(55,7)71(63)37-41-81(67,69)9)91-77(87)89-59-25-33-73-53(43-59)19-23-57(83(73)11)47-65-75(85)66(76(65)86)48-58-24-20-54-44-60(26-34-74(54)84(58)12)90-78(88)92-62-36-40-80(8)56(46-62)22-28-64-70-32-30-68(52(6)18-14-16-50(3)4)82(70,10)42-38-72(64)80/h19-26,33-34,43-44,47-52,61-64,67-72H,13-18,27-32,35-42,45-46H2,1-12H3/p+1/t51-,52-,61+,62+,63+,64+,67-,68-,69+,70+,71+,72+,79+,80+,81-,82-/m1/s1. The Morgan fingerprint density at radius 2 is 1.16 bits per heavy atom. The molecule has 13 rings (SSSR count). The molecule has 6 fully saturated rings. The van der Waals surface area contributed by atoms with Gasteiger partial charge in [-0.05, 0) is 231 Å². The summed E-state index contributed by atoms with van der Waals surface area (Å²) in [4.78, 5) is 42.6. The number of nitrogens with zero attached hydrogens (tertiary/aromatic N) is 2. The van der Waals surface area contributed by atoms with E-state index >= 15 is 0 Å². The number of anilines is 1. The van der Waals surface area contributed by atoms with Crippen molar-refractivity contribution in [1.29, 1.82) is 0 Å². The van der Waals surface area contributed by atoms with Gasteiger partial charge in [0.05, 0.1) is 16.5 Å². The van der Waals surface area contributed by atoms with E-state index < -0.39 is 12.3 Å². The Labute approximate surface area is 550 Å². The van der Waals surface area contributed by atoms with E-state index in [0.717, 1.165) is 144 Å². The number of aryl methyl sites for hydroxylation is 1. The largest absolute Gasteiger partial charge is 0.514 e. The smallest absolute Gasteiger partial charge is 0.506 e. The van der Waals surface area contributed by atoms with E-state index in [9.17, 15) is 19.5 Å². The molecule has 16 atom stereocenters. The van der Waals surface area contributed by atoms with Crippen molar-refractivity contribution in [3.05, 3.63) is 118 Å². The number of allylic oxidation sites excluding steroid dienone is 6. The van der Waals surface area contributed by atoms with Crippen LogP contribution in [0.2, 0.25) is 0 Å². The van der Waals surface area contributed by atoms with Crippen LogP contribution in [-0.2, 0) is 21.3 Å². The van der Waals surface area contributed by atoms with Gasteiger partial charge in [0.2, 0.25) is 17.0 Å². The second-order valence-corrected chi connectivity index (χ2v) is 33.1. The first-order valence-corrected chi connectivity index (χ1v) is 36.5. The van der Waals surface area contributed by atoms with Crippen LogP contribution in [0.25, 0.3) is 23.1 Å². The summed E-state index contributed by atoms with van der Waals surface area (Å²) in [7, 11) is 3.83. The van der Waals surface area contributed by atoms with Crippen molar-refractivity contribution in [2.24, 2.45) is 99.7 Å². The highest BCUT2D eigenvalue weighted by Gasteiger charge is 2.61. The van der Waals surface area contributed by atoms with Crippen LogP contribution >= 0.6 is 0 Å². The molecule has 3 aromatic rings. The molecule has 0 bridgehead atoms. The van der Waals surface area contributed by atoms with Gasteiger partial charge in [-0.3, -0.25) is 4.79 Å². The maximum absolute atomic E-state index is 13.8. The SMILES string of the molecule is CC(C)CCC[C@@H](C)[C@H]1CC[C@H]2[C@@H]3CC=C4C[C@@H](OC(=O)Oc5ccc6c(c5)C=CC(=CC5=C(O)C(=Cc7ccc8cc(OC(=O)O[C@H]9CC[C@@]%10(C)C(=CC[C@H]%11[C@@H]%12CC[C@H]([C@H](C)CCCC(C)C)[C@@]%12(C)CC[C@@H]%11%10)C9)ccc8[n+]7C)C5=O)N6C)CC[C@]4(C)[C@H]3CC[C@]12C. The molecular weight excluding hydrogens is 1140 g/mol. The summed E-state index contributed by atoms with van der Waals surface area (Å²) in [6.45, 7) is 24.9. The van der Waals surface area contributed by atoms with Gasteiger partial charge in [0.25, 0.3) is 0 Å². The van der Waals surface area contributed by atoms with Crippen molar-refractivity contribution in [3.8, 4) is 11.5 Å². The van der Waals surface area contributed by atoms with E-state index in [0.29, 0.717) is 34.2 Å². The number of rotatable bonds is 16. The number of benzene rings is 2. The molecule has 0 unspecified atom stereocenters. The average molecular weight is 1250 g/mol. The summed E-state index contributed by atoms with van der Waals surface area (Å²) >= 11 is 0. The lowest BCUT2D eigenvalue weighted by Gasteiger charge is -2.58. The van der Waals surface area contributed by atoms with Gasteiger partial charge in [0, 0.05) is 55.0 Å². The summed E-state index contributed by atoms with van der Waals surface area (Å²) in [5, 5.41) is 12.2. The lowest BCUT2D eigenvalue weighted by atomic mass is 9.47. The first-order valence-electron chi connectivity index (χ1n) is 36.5. The van der Waals surface area contributed by atoms with Crippen molar-refractivity contribution in [3.63, 3.8) is 0 Å². The second kappa shape index (κ2) is 25.3. The summed E-state index contributed by atoms with van der Waals surface area (Å²) in [5.41, 5.74) is 8.75. The first-order chi connectivity index (χ1) is 43.9. The van der Waals surface area contributed by atoms with Crippen LogP contribution in [0.1, 0.15) is 222 Å². The second-order valence-electron chi connectivity index (χ2n) is 33.1. The fraction of sp³-hybridized carbons (Fsp3) is 0.634. The number of likely N-dealkylation sites (N-methyl/N-ethyl adjacent to an activating group) is 1. The number of ether oxygens (including phenoxy) is 4. The number of hydrogen-bond donors (Lipinski definition) is 1. The number of carbonyl (C=O) groups is 3. The molecular formula is C82H109N2O8+. The van der Waals surface area contributed by atoms with Gasteiger partial charge in [0.15, 0.2) is 0 Å². The number of fused-ring (bicyclic) bond motifs is 12. The van der Waals surface area contributed by atoms with E-state index in [1.54, 1.807) is 24.3 Å². The van der Waals surface area contributed by atoms with Crippen molar-refractivity contribution in [2.45, 2.75) is 223 Å². The zero-order chi connectivity index (χ0) is 64.8. The Balaban J connectivity index is 0.586. The molecule has 0 amide bonds. The normalized spacial score (nSPS) is 35.2. The van der Waals surface area contributed by atoms with Crippen LogP contribution < -0.4 is 18.9 Å². The molecule has 2 aromatic carbocycles. The van der Waals surface area contributed by atoms with Gasteiger partial charge in [-0.15, -0.1) is 0 Å².